The van der Waals surface area contributed by atoms with Crippen LogP contribution < -0.4 is 10.6 Å². The second kappa shape index (κ2) is 8.32. The summed E-state index contributed by atoms with van der Waals surface area (Å²) in [6, 6.07) is 8.48. The van der Waals surface area contributed by atoms with E-state index in [4.69, 9.17) is 0 Å². The summed E-state index contributed by atoms with van der Waals surface area (Å²) < 4.78 is 79.2. The number of rotatable bonds is 6. The number of halogens is 6. The van der Waals surface area contributed by atoms with Crippen molar-refractivity contribution in [3.63, 3.8) is 0 Å². The lowest BCUT2D eigenvalue weighted by Crippen LogP contribution is -2.47. The van der Waals surface area contributed by atoms with Crippen LogP contribution in [0.2, 0.25) is 0 Å². The van der Waals surface area contributed by atoms with Gasteiger partial charge in [-0.25, -0.2) is 0 Å². The standard InChI is InChI=1S/C19H18F6N2O2/c1-12(28)26-10-13-5-7-16(8-6-13)27-11-17(29,19(23,24)25)14-3-2-4-15(9-14)18(20,21)22/h2-9,27,29H,10-11H2,1H3,(H,26,28)/t17-/m0/s1. The Morgan fingerprint density at radius 2 is 1.55 bits per heavy atom. The first-order valence-corrected chi connectivity index (χ1v) is 8.37. The molecule has 2 rings (SSSR count). The van der Waals surface area contributed by atoms with Crippen LogP contribution in [0.15, 0.2) is 48.5 Å². The summed E-state index contributed by atoms with van der Waals surface area (Å²) in [4.78, 5) is 10.9. The number of carbonyl (C=O) groups is 1. The van der Waals surface area contributed by atoms with E-state index in [1.807, 2.05) is 0 Å². The number of anilines is 1. The average molecular weight is 420 g/mol. The Bertz CT molecular complexity index is 849. The van der Waals surface area contributed by atoms with Gasteiger partial charge in [0.25, 0.3) is 0 Å². The molecule has 158 valence electrons. The van der Waals surface area contributed by atoms with Crippen molar-refractivity contribution in [2.75, 3.05) is 11.9 Å². The molecule has 0 aliphatic rings. The summed E-state index contributed by atoms with van der Waals surface area (Å²) in [7, 11) is 0. The van der Waals surface area contributed by atoms with E-state index >= 15 is 0 Å². The molecule has 2 aromatic rings. The van der Waals surface area contributed by atoms with Gasteiger partial charge >= 0.3 is 12.4 Å². The molecule has 0 radical (unpaired) electrons. The van der Waals surface area contributed by atoms with Crippen LogP contribution >= 0.6 is 0 Å². The van der Waals surface area contributed by atoms with Gasteiger partial charge in [0, 0.05) is 19.2 Å². The fourth-order valence-corrected chi connectivity index (χ4v) is 2.52. The zero-order chi connectivity index (χ0) is 21.9. The van der Waals surface area contributed by atoms with Crippen molar-refractivity contribution in [3.8, 4) is 0 Å². The fraction of sp³-hybridized carbons (Fsp3) is 0.316. The number of nitrogens with one attached hydrogen (secondary N) is 2. The quantitative estimate of drug-likeness (QED) is 0.614. The molecule has 0 fully saturated rings. The summed E-state index contributed by atoms with van der Waals surface area (Å²) in [5, 5.41) is 15.2. The number of benzene rings is 2. The first-order valence-electron chi connectivity index (χ1n) is 8.37. The van der Waals surface area contributed by atoms with Crippen molar-refractivity contribution >= 4 is 11.6 Å². The number of hydrogen-bond acceptors (Lipinski definition) is 3. The smallest absolute Gasteiger partial charge is 0.381 e. The Balaban J connectivity index is 2.23. The second-order valence-corrected chi connectivity index (χ2v) is 6.40. The van der Waals surface area contributed by atoms with Crippen molar-refractivity contribution < 1.29 is 36.2 Å². The molecule has 0 unspecified atom stereocenters. The van der Waals surface area contributed by atoms with Crippen LogP contribution in [0.5, 0.6) is 0 Å². The van der Waals surface area contributed by atoms with Gasteiger partial charge in [-0.05, 0) is 35.4 Å². The van der Waals surface area contributed by atoms with Crippen LogP contribution in [0.3, 0.4) is 0 Å². The van der Waals surface area contributed by atoms with Crippen molar-refractivity contribution in [2.24, 2.45) is 0 Å². The molecule has 4 nitrogen and oxygen atoms in total. The predicted octanol–water partition coefficient (Wildman–Crippen LogP) is 4.20. The number of hydrogen-bond donors (Lipinski definition) is 3. The number of aliphatic hydroxyl groups is 1. The maximum atomic E-state index is 13.5. The highest BCUT2D eigenvalue weighted by atomic mass is 19.4. The molecule has 10 heteroatoms. The Hall–Kier alpha value is -2.75. The van der Waals surface area contributed by atoms with Crippen molar-refractivity contribution in [1.82, 2.24) is 5.32 Å². The van der Waals surface area contributed by atoms with Crippen LogP contribution in [0.25, 0.3) is 0 Å². The lowest BCUT2D eigenvalue weighted by molar-refractivity contribution is -0.260. The number of carbonyl (C=O) groups excluding carboxylic acids is 1. The lowest BCUT2D eigenvalue weighted by Gasteiger charge is -2.32. The Labute approximate surface area is 162 Å². The molecule has 0 heterocycles. The summed E-state index contributed by atoms with van der Waals surface area (Å²) in [6.07, 6.45) is -10.1. The van der Waals surface area contributed by atoms with E-state index in [0.717, 1.165) is 12.1 Å². The van der Waals surface area contributed by atoms with E-state index in [-0.39, 0.29) is 24.2 Å². The van der Waals surface area contributed by atoms with Crippen molar-refractivity contribution in [3.05, 3.63) is 65.2 Å². The highest BCUT2D eigenvalue weighted by Crippen LogP contribution is 2.41. The molecular formula is C19H18F6N2O2. The SMILES string of the molecule is CC(=O)NCc1ccc(NC[C@](O)(c2cccc(C(F)(F)F)c2)C(F)(F)F)cc1. The molecule has 3 N–H and O–H groups in total. The normalized spacial score (nSPS) is 14.2. The van der Waals surface area contributed by atoms with Crippen LogP contribution in [0.4, 0.5) is 32.0 Å². The monoisotopic (exact) mass is 420 g/mol. The van der Waals surface area contributed by atoms with Gasteiger partial charge in [0.05, 0.1) is 12.1 Å². The van der Waals surface area contributed by atoms with E-state index in [1.54, 1.807) is 12.1 Å². The minimum atomic E-state index is -5.23. The fourth-order valence-electron chi connectivity index (χ4n) is 2.52. The third kappa shape index (κ3) is 5.63. The van der Waals surface area contributed by atoms with E-state index in [1.165, 1.54) is 19.1 Å². The molecule has 0 saturated carbocycles. The van der Waals surface area contributed by atoms with Gasteiger partial charge in [-0.15, -0.1) is 0 Å². The van der Waals surface area contributed by atoms with Gasteiger partial charge < -0.3 is 15.7 Å². The van der Waals surface area contributed by atoms with E-state index in [0.29, 0.717) is 11.6 Å². The molecule has 0 aliphatic heterocycles. The van der Waals surface area contributed by atoms with Gasteiger partial charge in [0.2, 0.25) is 11.5 Å². The van der Waals surface area contributed by atoms with E-state index < -0.39 is 35.6 Å². The Kier molecular flexibility index (Phi) is 6.46. The van der Waals surface area contributed by atoms with E-state index in [2.05, 4.69) is 10.6 Å². The third-order valence-corrected chi connectivity index (χ3v) is 4.18. The third-order valence-electron chi connectivity index (χ3n) is 4.18. The van der Waals surface area contributed by atoms with Crippen LogP contribution in [-0.4, -0.2) is 23.7 Å². The maximum Gasteiger partial charge on any atom is 0.423 e. The molecule has 0 aliphatic carbocycles. The lowest BCUT2D eigenvalue weighted by atomic mass is 9.91. The molecule has 0 bridgehead atoms. The number of amides is 1. The first-order chi connectivity index (χ1) is 13.3. The molecule has 0 aromatic heterocycles. The molecule has 1 atom stereocenters. The molecule has 1 amide bonds. The van der Waals surface area contributed by atoms with Gasteiger partial charge in [-0.1, -0.05) is 24.3 Å². The summed E-state index contributed by atoms with van der Waals surface area (Å²) in [5.74, 6) is -0.247. The summed E-state index contributed by atoms with van der Waals surface area (Å²) in [6.45, 7) is 0.469. The zero-order valence-electron chi connectivity index (χ0n) is 15.2. The largest absolute Gasteiger partial charge is 0.423 e. The zero-order valence-corrected chi connectivity index (χ0v) is 15.2. The van der Waals surface area contributed by atoms with Crippen molar-refractivity contribution in [2.45, 2.75) is 31.4 Å². The minimum absolute atomic E-state index is 0.214. The molecule has 2 aromatic carbocycles. The van der Waals surface area contributed by atoms with Crippen LogP contribution in [0, 0.1) is 0 Å². The van der Waals surface area contributed by atoms with Gasteiger partial charge in [0.1, 0.15) is 0 Å². The summed E-state index contributed by atoms with van der Waals surface area (Å²) >= 11 is 0. The molecule has 29 heavy (non-hydrogen) atoms. The van der Waals surface area contributed by atoms with Crippen molar-refractivity contribution in [1.29, 1.82) is 0 Å². The van der Waals surface area contributed by atoms with Gasteiger partial charge in [-0.2, -0.15) is 26.3 Å². The topological polar surface area (TPSA) is 61.4 Å². The van der Waals surface area contributed by atoms with E-state index in [9.17, 15) is 36.2 Å². The minimum Gasteiger partial charge on any atom is -0.381 e. The highest BCUT2D eigenvalue weighted by molar-refractivity contribution is 5.72. The molecule has 0 saturated heterocycles. The Morgan fingerprint density at radius 1 is 0.966 bits per heavy atom. The number of alkyl halides is 6. The average Bonchev–Trinajstić information content (AvgIpc) is 2.63. The van der Waals surface area contributed by atoms with Crippen LogP contribution in [-0.2, 0) is 23.1 Å². The Morgan fingerprint density at radius 3 is 2.07 bits per heavy atom. The van der Waals surface area contributed by atoms with Gasteiger partial charge in [-0.3, -0.25) is 4.79 Å². The second-order valence-electron chi connectivity index (χ2n) is 6.40. The first kappa shape index (κ1) is 22.5. The summed E-state index contributed by atoms with van der Waals surface area (Å²) in [5.41, 5.74) is -4.85. The maximum absolute atomic E-state index is 13.5. The predicted molar refractivity (Wildman–Crippen MR) is 93.8 cm³/mol. The molecular weight excluding hydrogens is 402 g/mol. The van der Waals surface area contributed by atoms with Crippen LogP contribution in [0.1, 0.15) is 23.6 Å². The van der Waals surface area contributed by atoms with Gasteiger partial charge in [0.15, 0.2) is 0 Å². The highest BCUT2D eigenvalue weighted by Gasteiger charge is 2.55. The molecule has 0 spiro atoms.